The standard InChI is InChI=1S/C26H30FN7O2S/c1-33(2)25(36)22-14-18-15-30-26(32-23(18)34(22)19-7-3-4-8-19)31-21-10-9-17(13-20(21)27)24(35)29-12-6-5-11-28-16-37/h9-10,13-15,19H,3-8,11-12H2,1-2H3,(H,29,35)(H,30,31,32). The summed E-state index contributed by atoms with van der Waals surface area (Å²) in [7, 11) is 3.45. The van der Waals surface area contributed by atoms with Crippen LogP contribution >= 0.6 is 12.2 Å². The molecule has 3 aromatic rings. The predicted octanol–water partition coefficient (Wildman–Crippen LogP) is 4.74. The van der Waals surface area contributed by atoms with E-state index < -0.39 is 5.82 Å². The summed E-state index contributed by atoms with van der Waals surface area (Å²) in [4.78, 5) is 39.6. The number of amides is 2. The summed E-state index contributed by atoms with van der Waals surface area (Å²) in [6.45, 7) is 1.03. The minimum Gasteiger partial charge on any atom is -0.352 e. The maximum Gasteiger partial charge on any atom is 0.270 e. The Morgan fingerprint density at radius 3 is 2.73 bits per heavy atom. The van der Waals surface area contributed by atoms with Crippen molar-refractivity contribution in [2.75, 3.05) is 32.5 Å². The summed E-state index contributed by atoms with van der Waals surface area (Å²) in [5, 5.41) is 8.75. The van der Waals surface area contributed by atoms with E-state index in [2.05, 4.69) is 43.0 Å². The first-order valence-electron chi connectivity index (χ1n) is 12.4. The molecule has 0 atom stereocenters. The number of benzene rings is 1. The smallest absolute Gasteiger partial charge is 0.270 e. The Bertz CT molecular complexity index is 1340. The molecule has 2 N–H and O–H groups in total. The number of carbonyl (C=O) groups is 2. The van der Waals surface area contributed by atoms with E-state index >= 15 is 0 Å². The first-order valence-corrected chi connectivity index (χ1v) is 12.8. The molecular weight excluding hydrogens is 493 g/mol. The van der Waals surface area contributed by atoms with Gasteiger partial charge < -0.3 is 20.1 Å². The number of anilines is 2. The molecule has 11 heteroatoms. The Kier molecular flexibility index (Phi) is 8.58. The first kappa shape index (κ1) is 26.4. The number of fused-ring (bicyclic) bond motifs is 1. The normalized spacial score (nSPS) is 13.4. The minimum absolute atomic E-state index is 0.0946. The number of hydrogen-bond donors (Lipinski definition) is 2. The van der Waals surface area contributed by atoms with Gasteiger partial charge in [0.05, 0.1) is 10.8 Å². The average molecular weight is 524 g/mol. The Hall–Kier alpha value is -3.69. The molecule has 1 aromatic carbocycles. The third-order valence-electron chi connectivity index (χ3n) is 6.42. The number of unbranched alkanes of at least 4 members (excludes halogenated alkanes) is 1. The van der Waals surface area contributed by atoms with Gasteiger partial charge >= 0.3 is 0 Å². The number of rotatable bonds is 10. The van der Waals surface area contributed by atoms with Crippen LogP contribution in [0, 0.1) is 5.82 Å². The van der Waals surface area contributed by atoms with Crippen molar-refractivity contribution in [3.63, 3.8) is 0 Å². The van der Waals surface area contributed by atoms with Crippen molar-refractivity contribution in [2.45, 2.75) is 44.6 Å². The quantitative estimate of drug-likeness (QED) is 0.226. The number of aliphatic imine (C=N–C) groups is 1. The van der Waals surface area contributed by atoms with Crippen LogP contribution < -0.4 is 10.6 Å². The average Bonchev–Trinajstić information content (AvgIpc) is 3.54. The second kappa shape index (κ2) is 12.0. The fourth-order valence-electron chi connectivity index (χ4n) is 4.54. The molecule has 1 saturated carbocycles. The topological polar surface area (TPSA) is 105 Å². The summed E-state index contributed by atoms with van der Waals surface area (Å²) >= 11 is 4.52. The summed E-state index contributed by atoms with van der Waals surface area (Å²) < 4.78 is 16.9. The molecule has 194 valence electrons. The summed E-state index contributed by atoms with van der Waals surface area (Å²) in [5.41, 5.74) is 1.59. The molecule has 4 rings (SSSR count). The SMILES string of the molecule is CN(C)C(=O)c1cc2cnc(Nc3ccc(C(=O)NCCCCN=C=S)cc3F)nc2n1C1CCCC1. The molecule has 2 aromatic heterocycles. The molecule has 1 aliphatic carbocycles. The number of isothiocyanates is 1. The molecule has 0 saturated heterocycles. The van der Waals surface area contributed by atoms with Gasteiger partial charge in [-0.2, -0.15) is 4.98 Å². The van der Waals surface area contributed by atoms with Gasteiger partial charge in [-0.15, -0.1) is 0 Å². The molecule has 0 aliphatic heterocycles. The van der Waals surface area contributed by atoms with E-state index in [4.69, 9.17) is 0 Å². The lowest BCUT2D eigenvalue weighted by molar-refractivity contribution is 0.0815. The molecule has 2 heterocycles. The van der Waals surface area contributed by atoms with Crippen molar-refractivity contribution in [1.82, 2.24) is 24.8 Å². The number of halogens is 1. The van der Waals surface area contributed by atoms with Crippen molar-refractivity contribution in [2.24, 2.45) is 4.99 Å². The van der Waals surface area contributed by atoms with Gasteiger partial charge in [-0.05, 0) is 62.2 Å². The van der Waals surface area contributed by atoms with Crippen LogP contribution in [0.4, 0.5) is 16.0 Å². The van der Waals surface area contributed by atoms with Crippen molar-refractivity contribution in [1.29, 1.82) is 0 Å². The maximum atomic E-state index is 14.9. The van der Waals surface area contributed by atoms with Crippen LogP contribution in [0.1, 0.15) is 65.4 Å². The second-order valence-corrected chi connectivity index (χ2v) is 9.45. The fourth-order valence-corrected chi connectivity index (χ4v) is 4.63. The van der Waals surface area contributed by atoms with E-state index in [0.29, 0.717) is 24.4 Å². The molecule has 2 amide bonds. The lowest BCUT2D eigenvalue weighted by atomic mass is 10.1. The number of hydrogen-bond acceptors (Lipinski definition) is 7. The molecule has 37 heavy (non-hydrogen) atoms. The molecule has 1 fully saturated rings. The molecule has 1 aliphatic rings. The lowest BCUT2D eigenvalue weighted by Gasteiger charge is -2.19. The molecule has 0 spiro atoms. The lowest BCUT2D eigenvalue weighted by Crippen LogP contribution is -2.25. The van der Waals surface area contributed by atoms with Crippen LogP contribution in [-0.4, -0.2) is 63.6 Å². The maximum absolute atomic E-state index is 14.9. The monoisotopic (exact) mass is 523 g/mol. The van der Waals surface area contributed by atoms with Crippen LogP contribution in [0.3, 0.4) is 0 Å². The van der Waals surface area contributed by atoms with E-state index in [9.17, 15) is 14.0 Å². The highest BCUT2D eigenvalue weighted by Crippen LogP contribution is 2.35. The number of thiocarbonyl (C=S) groups is 1. The van der Waals surface area contributed by atoms with Gasteiger partial charge in [0.2, 0.25) is 5.95 Å². The molecule has 9 nitrogen and oxygen atoms in total. The fraction of sp³-hybridized carbons (Fsp3) is 0.423. The predicted molar refractivity (Wildman–Crippen MR) is 144 cm³/mol. The number of nitrogens with zero attached hydrogens (tertiary/aromatic N) is 5. The second-order valence-electron chi connectivity index (χ2n) is 9.27. The van der Waals surface area contributed by atoms with E-state index in [1.165, 1.54) is 12.1 Å². The van der Waals surface area contributed by atoms with Gasteiger partial charge in [-0.3, -0.25) is 9.59 Å². The van der Waals surface area contributed by atoms with Gasteiger partial charge in [0.1, 0.15) is 17.2 Å². The highest BCUT2D eigenvalue weighted by atomic mass is 32.1. The van der Waals surface area contributed by atoms with E-state index in [1.54, 1.807) is 31.3 Å². The van der Waals surface area contributed by atoms with Gasteiger partial charge in [0, 0.05) is 50.4 Å². The Morgan fingerprint density at radius 2 is 2.03 bits per heavy atom. The van der Waals surface area contributed by atoms with Gasteiger partial charge in [0.25, 0.3) is 11.8 Å². The highest BCUT2D eigenvalue weighted by molar-refractivity contribution is 7.78. The third-order valence-corrected chi connectivity index (χ3v) is 6.54. The zero-order valence-corrected chi connectivity index (χ0v) is 21.8. The van der Waals surface area contributed by atoms with Gasteiger partial charge in [-0.25, -0.2) is 14.4 Å². The molecule has 0 bridgehead atoms. The Balaban J connectivity index is 1.51. The van der Waals surface area contributed by atoms with E-state index in [0.717, 1.165) is 43.9 Å². The summed E-state index contributed by atoms with van der Waals surface area (Å²) in [6.07, 6.45) is 7.31. The summed E-state index contributed by atoms with van der Waals surface area (Å²) in [5.74, 6) is -0.832. The number of carbonyl (C=O) groups excluding carboxylic acids is 2. The zero-order valence-electron chi connectivity index (χ0n) is 21.0. The third kappa shape index (κ3) is 6.18. The Morgan fingerprint density at radius 1 is 1.24 bits per heavy atom. The number of nitrogens with one attached hydrogen (secondary N) is 2. The van der Waals surface area contributed by atoms with Crippen LogP contribution in [0.2, 0.25) is 0 Å². The molecule has 0 unspecified atom stereocenters. The van der Waals surface area contributed by atoms with Crippen molar-refractivity contribution in [3.8, 4) is 0 Å². The zero-order chi connectivity index (χ0) is 26.4. The minimum atomic E-state index is -0.596. The van der Waals surface area contributed by atoms with Crippen LogP contribution in [0.25, 0.3) is 11.0 Å². The van der Waals surface area contributed by atoms with Gasteiger partial charge in [-0.1, -0.05) is 12.8 Å². The van der Waals surface area contributed by atoms with Gasteiger partial charge in [0.15, 0.2) is 0 Å². The number of aromatic nitrogens is 3. The van der Waals surface area contributed by atoms with Crippen molar-refractivity contribution < 1.29 is 14.0 Å². The highest BCUT2D eigenvalue weighted by Gasteiger charge is 2.26. The molecule has 0 radical (unpaired) electrons. The van der Waals surface area contributed by atoms with Crippen molar-refractivity contribution in [3.05, 3.63) is 47.5 Å². The Labute approximate surface area is 220 Å². The summed E-state index contributed by atoms with van der Waals surface area (Å²) in [6, 6.07) is 6.22. The molecular formula is C26H30FN7O2S. The first-order chi connectivity index (χ1) is 17.9. The van der Waals surface area contributed by atoms with Crippen LogP contribution in [-0.2, 0) is 0 Å². The van der Waals surface area contributed by atoms with E-state index in [-0.39, 0.29) is 35.1 Å². The van der Waals surface area contributed by atoms with E-state index in [1.807, 2.05) is 10.6 Å². The van der Waals surface area contributed by atoms with Crippen LogP contribution in [0.15, 0.2) is 35.5 Å². The van der Waals surface area contributed by atoms with Crippen LogP contribution in [0.5, 0.6) is 0 Å². The van der Waals surface area contributed by atoms with Crippen molar-refractivity contribution >= 4 is 51.9 Å². The largest absolute Gasteiger partial charge is 0.352 e.